The zero-order chi connectivity index (χ0) is 15.9. The molecule has 0 N–H and O–H groups in total. The van der Waals surface area contributed by atoms with Crippen LogP contribution in [0, 0.1) is 13.8 Å². The largest absolute Gasteiger partial charge is 0.573 e. The average molecular weight is 307 g/mol. The zero-order valence-electron chi connectivity index (χ0n) is 11.8. The van der Waals surface area contributed by atoms with Crippen molar-refractivity contribution in [3.8, 4) is 17.0 Å². The van der Waals surface area contributed by atoms with Gasteiger partial charge < -0.3 is 4.74 Å². The highest BCUT2D eigenvalue weighted by Crippen LogP contribution is 2.29. The van der Waals surface area contributed by atoms with E-state index in [1.165, 1.54) is 6.07 Å². The topological polar surface area (TPSA) is 39.4 Å². The molecule has 1 aromatic carbocycles. The molecule has 0 saturated carbocycles. The van der Waals surface area contributed by atoms with Gasteiger partial charge in [0, 0.05) is 17.3 Å². The van der Waals surface area contributed by atoms with Crippen molar-refractivity contribution in [2.24, 2.45) is 0 Å². The van der Waals surface area contributed by atoms with Gasteiger partial charge >= 0.3 is 6.36 Å². The van der Waals surface area contributed by atoms with Crippen LogP contribution in [0.2, 0.25) is 0 Å². The van der Waals surface area contributed by atoms with E-state index in [9.17, 15) is 13.2 Å². The van der Waals surface area contributed by atoms with Gasteiger partial charge in [0.05, 0.1) is 11.9 Å². The number of nitrogens with zero attached hydrogens (tertiary/aromatic N) is 3. The molecule has 4 nitrogen and oxygen atoms in total. The fourth-order valence-corrected chi connectivity index (χ4v) is 2.19. The van der Waals surface area contributed by atoms with Crippen molar-refractivity contribution in [2.45, 2.75) is 20.2 Å². The SMILES string of the molecule is Cc1cc(-c2ccn3ncc(C)c3n2)ccc1OC(F)(F)F. The first-order valence-electron chi connectivity index (χ1n) is 6.51. The van der Waals surface area contributed by atoms with Crippen LogP contribution in [0.25, 0.3) is 16.9 Å². The van der Waals surface area contributed by atoms with Gasteiger partial charge in [0.25, 0.3) is 0 Å². The molecular formula is C15H12F3N3O. The standard InChI is InChI=1S/C15H12F3N3O/c1-9-7-11(3-4-13(9)22-15(16,17)18)12-5-6-21-14(20-12)10(2)8-19-21/h3-8H,1-2H3. The summed E-state index contributed by atoms with van der Waals surface area (Å²) in [5.41, 5.74) is 3.41. The van der Waals surface area contributed by atoms with Crippen LogP contribution in [-0.2, 0) is 0 Å². The summed E-state index contributed by atoms with van der Waals surface area (Å²) in [5, 5.41) is 4.13. The Morgan fingerprint density at radius 3 is 2.55 bits per heavy atom. The van der Waals surface area contributed by atoms with Crippen LogP contribution in [0.4, 0.5) is 13.2 Å². The lowest BCUT2D eigenvalue weighted by Crippen LogP contribution is -2.17. The first kappa shape index (κ1) is 14.4. The van der Waals surface area contributed by atoms with Gasteiger partial charge in [-0.1, -0.05) is 0 Å². The molecule has 0 amide bonds. The van der Waals surface area contributed by atoms with E-state index in [4.69, 9.17) is 0 Å². The molecule has 0 fully saturated rings. The number of fused-ring (bicyclic) bond motifs is 1. The highest BCUT2D eigenvalue weighted by Gasteiger charge is 2.31. The normalized spacial score (nSPS) is 11.9. The summed E-state index contributed by atoms with van der Waals surface area (Å²) in [7, 11) is 0. The molecule has 0 spiro atoms. The lowest BCUT2D eigenvalue weighted by Gasteiger charge is -2.12. The first-order chi connectivity index (χ1) is 10.3. The number of hydrogen-bond donors (Lipinski definition) is 0. The van der Waals surface area contributed by atoms with Gasteiger partial charge in [-0.2, -0.15) is 5.10 Å². The zero-order valence-corrected chi connectivity index (χ0v) is 11.8. The average Bonchev–Trinajstić information content (AvgIpc) is 2.81. The number of aromatic nitrogens is 3. The molecule has 0 saturated heterocycles. The summed E-state index contributed by atoms with van der Waals surface area (Å²) in [5.74, 6) is -0.210. The van der Waals surface area contributed by atoms with E-state index in [2.05, 4.69) is 14.8 Å². The molecule has 2 heterocycles. The number of rotatable bonds is 2. The van der Waals surface area contributed by atoms with Crippen molar-refractivity contribution in [3.05, 3.63) is 47.8 Å². The fraction of sp³-hybridized carbons (Fsp3) is 0.200. The predicted molar refractivity (Wildman–Crippen MR) is 74.6 cm³/mol. The number of benzene rings is 1. The molecule has 0 aliphatic carbocycles. The molecule has 0 bridgehead atoms. The molecule has 3 aromatic rings. The maximum atomic E-state index is 12.3. The van der Waals surface area contributed by atoms with E-state index in [-0.39, 0.29) is 5.75 Å². The Balaban J connectivity index is 2.00. The van der Waals surface area contributed by atoms with Crippen molar-refractivity contribution < 1.29 is 17.9 Å². The second-order valence-electron chi connectivity index (χ2n) is 4.94. The van der Waals surface area contributed by atoms with Crippen LogP contribution in [0.5, 0.6) is 5.75 Å². The molecule has 0 unspecified atom stereocenters. The second-order valence-corrected chi connectivity index (χ2v) is 4.94. The third-order valence-corrected chi connectivity index (χ3v) is 3.24. The molecule has 22 heavy (non-hydrogen) atoms. The van der Waals surface area contributed by atoms with Gasteiger partial charge in [-0.3, -0.25) is 0 Å². The molecule has 114 valence electrons. The molecule has 0 radical (unpaired) electrons. The molecule has 7 heteroatoms. The number of hydrogen-bond acceptors (Lipinski definition) is 3. The Morgan fingerprint density at radius 1 is 1.09 bits per heavy atom. The summed E-state index contributed by atoms with van der Waals surface area (Å²) in [6.07, 6.45) is -1.23. The highest BCUT2D eigenvalue weighted by atomic mass is 19.4. The van der Waals surface area contributed by atoms with Crippen molar-refractivity contribution in [3.63, 3.8) is 0 Å². The summed E-state index contributed by atoms with van der Waals surface area (Å²) in [6.45, 7) is 3.46. The van der Waals surface area contributed by atoms with Crippen molar-refractivity contribution >= 4 is 5.65 Å². The van der Waals surface area contributed by atoms with Crippen LogP contribution in [0.3, 0.4) is 0 Å². The van der Waals surface area contributed by atoms with E-state index in [0.717, 1.165) is 11.1 Å². The predicted octanol–water partition coefficient (Wildman–Crippen LogP) is 3.91. The molecule has 3 rings (SSSR count). The van der Waals surface area contributed by atoms with E-state index in [1.807, 2.05) is 6.92 Å². The van der Waals surface area contributed by atoms with Crippen LogP contribution in [0.1, 0.15) is 11.1 Å². The molecule has 0 atom stereocenters. The van der Waals surface area contributed by atoms with Crippen molar-refractivity contribution in [1.29, 1.82) is 0 Å². The number of alkyl halides is 3. The maximum Gasteiger partial charge on any atom is 0.573 e. The summed E-state index contributed by atoms with van der Waals surface area (Å²) in [6, 6.07) is 6.23. The van der Waals surface area contributed by atoms with Crippen molar-refractivity contribution in [2.75, 3.05) is 0 Å². The van der Waals surface area contributed by atoms with Crippen LogP contribution in [0.15, 0.2) is 36.7 Å². The molecular weight excluding hydrogens is 295 g/mol. The maximum absolute atomic E-state index is 12.3. The third kappa shape index (κ3) is 2.74. The van der Waals surface area contributed by atoms with Crippen LogP contribution >= 0.6 is 0 Å². The minimum Gasteiger partial charge on any atom is -0.406 e. The van der Waals surface area contributed by atoms with E-state index < -0.39 is 6.36 Å². The smallest absolute Gasteiger partial charge is 0.406 e. The Labute approximate surface area is 124 Å². The summed E-state index contributed by atoms with van der Waals surface area (Å²) < 4.78 is 42.5. The Kier molecular flexibility index (Phi) is 3.27. The number of halogens is 3. The minimum atomic E-state index is -4.70. The molecule has 2 aromatic heterocycles. The van der Waals surface area contributed by atoms with E-state index in [0.29, 0.717) is 16.9 Å². The monoisotopic (exact) mass is 307 g/mol. The van der Waals surface area contributed by atoms with E-state index >= 15 is 0 Å². The van der Waals surface area contributed by atoms with Gasteiger partial charge in [-0.05, 0) is 43.7 Å². The lowest BCUT2D eigenvalue weighted by molar-refractivity contribution is -0.274. The second kappa shape index (κ2) is 5.01. The summed E-state index contributed by atoms with van der Waals surface area (Å²) in [4.78, 5) is 4.49. The summed E-state index contributed by atoms with van der Waals surface area (Å²) >= 11 is 0. The minimum absolute atomic E-state index is 0.210. The quantitative estimate of drug-likeness (QED) is 0.720. The third-order valence-electron chi connectivity index (χ3n) is 3.24. The first-order valence-corrected chi connectivity index (χ1v) is 6.51. The van der Waals surface area contributed by atoms with Gasteiger partial charge in [-0.25, -0.2) is 9.50 Å². The molecule has 0 aliphatic heterocycles. The Morgan fingerprint density at radius 2 is 1.86 bits per heavy atom. The Hall–Kier alpha value is -2.57. The van der Waals surface area contributed by atoms with Gasteiger partial charge in [-0.15, -0.1) is 13.2 Å². The molecule has 0 aliphatic rings. The Bertz CT molecular complexity index is 840. The number of ether oxygens (including phenoxy) is 1. The van der Waals surface area contributed by atoms with Gasteiger partial charge in [0.15, 0.2) is 5.65 Å². The van der Waals surface area contributed by atoms with Gasteiger partial charge in [0.2, 0.25) is 0 Å². The van der Waals surface area contributed by atoms with Crippen LogP contribution < -0.4 is 4.74 Å². The van der Waals surface area contributed by atoms with Gasteiger partial charge in [0.1, 0.15) is 5.75 Å². The van der Waals surface area contributed by atoms with E-state index in [1.54, 1.807) is 42.0 Å². The fourth-order valence-electron chi connectivity index (χ4n) is 2.19. The highest BCUT2D eigenvalue weighted by molar-refractivity contribution is 5.64. The lowest BCUT2D eigenvalue weighted by atomic mass is 10.1. The van der Waals surface area contributed by atoms with Crippen LogP contribution in [-0.4, -0.2) is 21.0 Å². The van der Waals surface area contributed by atoms with Crippen molar-refractivity contribution in [1.82, 2.24) is 14.6 Å². The number of aryl methyl sites for hydroxylation is 2.